The molecular formula is C13H14F2N4O. The fourth-order valence-electron chi connectivity index (χ4n) is 1.90. The average molecular weight is 280 g/mol. The van der Waals surface area contributed by atoms with E-state index in [2.05, 4.69) is 10.4 Å². The van der Waals surface area contributed by atoms with Crippen molar-refractivity contribution < 1.29 is 13.6 Å². The highest BCUT2D eigenvalue weighted by Crippen LogP contribution is 2.22. The molecule has 106 valence electrons. The molecule has 20 heavy (non-hydrogen) atoms. The number of aromatic nitrogens is 1. The van der Waals surface area contributed by atoms with Crippen molar-refractivity contribution in [3.63, 3.8) is 0 Å². The summed E-state index contributed by atoms with van der Waals surface area (Å²) in [5, 5.41) is 1.51. The molecule has 0 aliphatic rings. The minimum Gasteiger partial charge on any atom is -0.335 e. The number of nitrogens with zero attached hydrogens (tertiary/aromatic N) is 2. The number of nitrogen functional groups attached to an aromatic ring is 1. The van der Waals surface area contributed by atoms with Crippen molar-refractivity contribution in [1.82, 2.24) is 9.88 Å². The molecule has 5 nitrogen and oxygen atoms in total. The normalized spacial score (nSPS) is 10.8. The number of rotatable bonds is 4. The standard InChI is InChI=1S/C13H14F2N4O/c1-19(7-11(14)15)13(20)10-6-8-4-2-3-5-9(8)12(17-10)18-16/h2-6,11H,7,16H2,1H3,(H,17,18). The third-order valence-electron chi connectivity index (χ3n) is 2.85. The fraction of sp³-hybridized carbons (Fsp3) is 0.231. The molecule has 0 radical (unpaired) electrons. The zero-order valence-electron chi connectivity index (χ0n) is 10.8. The summed E-state index contributed by atoms with van der Waals surface area (Å²) in [4.78, 5) is 17.1. The monoisotopic (exact) mass is 280 g/mol. The number of fused-ring (bicyclic) bond motifs is 1. The van der Waals surface area contributed by atoms with E-state index in [0.717, 1.165) is 15.7 Å². The van der Waals surface area contributed by atoms with Gasteiger partial charge in [-0.15, -0.1) is 0 Å². The average Bonchev–Trinajstić information content (AvgIpc) is 2.44. The lowest BCUT2D eigenvalue weighted by Crippen LogP contribution is -2.32. The van der Waals surface area contributed by atoms with Crippen molar-refractivity contribution >= 4 is 22.5 Å². The zero-order chi connectivity index (χ0) is 14.7. The molecule has 0 fully saturated rings. The first-order chi connectivity index (χ1) is 9.52. The number of halogens is 2. The highest BCUT2D eigenvalue weighted by atomic mass is 19.3. The van der Waals surface area contributed by atoms with Crippen LogP contribution in [0.4, 0.5) is 14.6 Å². The Morgan fingerprint density at radius 2 is 2.15 bits per heavy atom. The van der Waals surface area contributed by atoms with Gasteiger partial charge in [0.1, 0.15) is 11.5 Å². The zero-order valence-corrected chi connectivity index (χ0v) is 10.8. The Labute approximate surface area is 114 Å². The number of hydrogen-bond donors (Lipinski definition) is 2. The van der Waals surface area contributed by atoms with Crippen molar-refractivity contribution in [2.75, 3.05) is 19.0 Å². The first-order valence-corrected chi connectivity index (χ1v) is 5.93. The fourth-order valence-corrected chi connectivity index (χ4v) is 1.90. The Morgan fingerprint density at radius 1 is 1.45 bits per heavy atom. The van der Waals surface area contributed by atoms with E-state index in [1.165, 1.54) is 7.05 Å². The van der Waals surface area contributed by atoms with Crippen LogP contribution in [0.1, 0.15) is 10.5 Å². The van der Waals surface area contributed by atoms with Crippen LogP contribution in [-0.4, -0.2) is 35.8 Å². The molecule has 1 aromatic carbocycles. The number of anilines is 1. The molecule has 0 saturated carbocycles. The van der Waals surface area contributed by atoms with E-state index in [1.807, 2.05) is 6.07 Å². The van der Waals surface area contributed by atoms with E-state index >= 15 is 0 Å². The van der Waals surface area contributed by atoms with Crippen LogP contribution in [0.5, 0.6) is 0 Å². The quantitative estimate of drug-likeness (QED) is 0.662. The van der Waals surface area contributed by atoms with Crippen LogP contribution in [0.15, 0.2) is 30.3 Å². The first kappa shape index (κ1) is 14.1. The molecule has 1 heterocycles. The third-order valence-corrected chi connectivity index (χ3v) is 2.85. The smallest absolute Gasteiger partial charge is 0.272 e. The maximum atomic E-state index is 12.3. The molecule has 0 aliphatic carbocycles. The molecule has 2 rings (SSSR count). The van der Waals surface area contributed by atoms with Crippen LogP contribution in [-0.2, 0) is 0 Å². The summed E-state index contributed by atoms with van der Waals surface area (Å²) < 4.78 is 24.6. The van der Waals surface area contributed by atoms with Crippen molar-refractivity contribution in [3.05, 3.63) is 36.0 Å². The summed E-state index contributed by atoms with van der Waals surface area (Å²) in [6, 6.07) is 8.77. The van der Waals surface area contributed by atoms with Crippen molar-refractivity contribution in [2.24, 2.45) is 5.84 Å². The molecule has 0 aliphatic heterocycles. The lowest BCUT2D eigenvalue weighted by molar-refractivity contribution is 0.0615. The second kappa shape index (κ2) is 5.79. The maximum absolute atomic E-state index is 12.3. The number of nitrogens with two attached hydrogens (primary N) is 1. The molecule has 0 bridgehead atoms. The van der Waals surface area contributed by atoms with Crippen LogP contribution >= 0.6 is 0 Å². The Bertz CT molecular complexity index is 633. The van der Waals surface area contributed by atoms with Gasteiger partial charge in [-0.05, 0) is 11.5 Å². The van der Waals surface area contributed by atoms with E-state index in [1.54, 1.807) is 24.3 Å². The molecule has 1 amide bonds. The SMILES string of the molecule is CN(CC(F)F)C(=O)c1cc2ccccc2c(NN)n1. The van der Waals surface area contributed by atoms with Gasteiger partial charge in [0.15, 0.2) is 0 Å². The summed E-state index contributed by atoms with van der Waals surface area (Å²) in [6.07, 6.45) is -2.59. The third kappa shape index (κ3) is 2.83. The molecule has 7 heteroatoms. The highest BCUT2D eigenvalue weighted by molar-refractivity contribution is 6.00. The highest BCUT2D eigenvalue weighted by Gasteiger charge is 2.18. The van der Waals surface area contributed by atoms with Gasteiger partial charge >= 0.3 is 0 Å². The van der Waals surface area contributed by atoms with Crippen LogP contribution in [0.25, 0.3) is 10.8 Å². The lowest BCUT2D eigenvalue weighted by Gasteiger charge is -2.17. The van der Waals surface area contributed by atoms with Gasteiger partial charge in [-0.3, -0.25) is 4.79 Å². The van der Waals surface area contributed by atoms with Gasteiger partial charge in [-0.1, -0.05) is 24.3 Å². The number of hydrogen-bond acceptors (Lipinski definition) is 4. The Morgan fingerprint density at radius 3 is 2.80 bits per heavy atom. The van der Waals surface area contributed by atoms with Gasteiger partial charge in [0, 0.05) is 12.4 Å². The molecule has 2 aromatic rings. The molecule has 0 saturated heterocycles. The molecule has 0 atom stereocenters. The van der Waals surface area contributed by atoms with Gasteiger partial charge in [0.2, 0.25) is 0 Å². The van der Waals surface area contributed by atoms with Gasteiger partial charge in [0.05, 0.1) is 6.54 Å². The predicted octanol–water partition coefficient (Wildman–Crippen LogP) is 1.86. The van der Waals surface area contributed by atoms with Gasteiger partial charge in [0.25, 0.3) is 12.3 Å². The summed E-state index contributed by atoms with van der Waals surface area (Å²) in [5.74, 6) is 5.14. The number of benzene rings is 1. The maximum Gasteiger partial charge on any atom is 0.272 e. The van der Waals surface area contributed by atoms with Crippen molar-refractivity contribution in [2.45, 2.75) is 6.43 Å². The number of pyridine rings is 1. The van der Waals surface area contributed by atoms with E-state index in [4.69, 9.17) is 5.84 Å². The molecule has 1 aromatic heterocycles. The number of carbonyl (C=O) groups is 1. The number of nitrogens with one attached hydrogen (secondary N) is 1. The second-order valence-corrected chi connectivity index (χ2v) is 4.30. The van der Waals surface area contributed by atoms with Gasteiger partial charge in [-0.25, -0.2) is 19.6 Å². The summed E-state index contributed by atoms with van der Waals surface area (Å²) in [6.45, 7) is -0.640. The van der Waals surface area contributed by atoms with Crippen LogP contribution in [0, 0.1) is 0 Å². The topological polar surface area (TPSA) is 71.2 Å². The second-order valence-electron chi connectivity index (χ2n) is 4.30. The summed E-state index contributed by atoms with van der Waals surface area (Å²) >= 11 is 0. The molecule has 0 unspecified atom stereocenters. The number of carbonyl (C=O) groups excluding carboxylic acids is 1. The van der Waals surface area contributed by atoms with E-state index < -0.39 is 18.9 Å². The van der Waals surface area contributed by atoms with Gasteiger partial charge in [-0.2, -0.15) is 0 Å². The lowest BCUT2D eigenvalue weighted by atomic mass is 10.1. The number of alkyl halides is 2. The Balaban J connectivity index is 2.42. The Hall–Kier alpha value is -2.28. The number of hydrazine groups is 1. The van der Waals surface area contributed by atoms with Crippen molar-refractivity contribution in [3.8, 4) is 0 Å². The summed E-state index contributed by atoms with van der Waals surface area (Å²) in [5.41, 5.74) is 2.48. The molecule has 3 N–H and O–H groups in total. The van der Waals surface area contributed by atoms with Crippen LogP contribution in [0.2, 0.25) is 0 Å². The summed E-state index contributed by atoms with van der Waals surface area (Å²) in [7, 11) is 1.31. The largest absolute Gasteiger partial charge is 0.335 e. The number of amides is 1. The van der Waals surface area contributed by atoms with E-state index in [0.29, 0.717) is 5.82 Å². The Kier molecular flexibility index (Phi) is 4.09. The first-order valence-electron chi connectivity index (χ1n) is 5.93. The molecular weight excluding hydrogens is 266 g/mol. The van der Waals surface area contributed by atoms with E-state index in [-0.39, 0.29) is 5.69 Å². The predicted molar refractivity (Wildman–Crippen MR) is 72.5 cm³/mol. The minimum absolute atomic E-state index is 0.0693. The molecule has 0 spiro atoms. The van der Waals surface area contributed by atoms with Crippen LogP contribution < -0.4 is 11.3 Å². The van der Waals surface area contributed by atoms with Gasteiger partial charge < -0.3 is 10.3 Å². The van der Waals surface area contributed by atoms with Crippen LogP contribution in [0.3, 0.4) is 0 Å². The van der Waals surface area contributed by atoms with E-state index in [9.17, 15) is 13.6 Å². The van der Waals surface area contributed by atoms with Crippen molar-refractivity contribution in [1.29, 1.82) is 0 Å². The minimum atomic E-state index is -2.59.